The summed E-state index contributed by atoms with van der Waals surface area (Å²) in [5.74, 6) is -1.68. The number of hydrogen-bond donors (Lipinski definition) is 2. The summed E-state index contributed by atoms with van der Waals surface area (Å²) < 4.78 is 5.88. The minimum absolute atomic E-state index is 0.222. The highest BCUT2D eigenvalue weighted by Gasteiger charge is 2.28. The van der Waals surface area contributed by atoms with E-state index < -0.39 is 24.0 Å². The normalized spacial score (nSPS) is 13.2. The van der Waals surface area contributed by atoms with Crippen molar-refractivity contribution in [3.8, 4) is 0 Å². The molecule has 0 heterocycles. The highest BCUT2D eigenvalue weighted by Crippen LogP contribution is 2.12. The zero-order valence-corrected chi connectivity index (χ0v) is 16.0. The molecule has 144 valence electrons. The van der Waals surface area contributed by atoms with Crippen molar-refractivity contribution >= 4 is 11.9 Å². The third-order valence-electron chi connectivity index (χ3n) is 4.36. The van der Waals surface area contributed by atoms with Crippen molar-refractivity contribution < 1.29 is 19.4 Å². The molecule has 2 rings (SSSR count). The summed E-state index contributed by atoms with van der Waals surface area (Å²) in [6.07, 6.45) is -0.392. The van der Waals surface area contributed by atoms with Crippen LogP contribution in [0.25, 0.3) is 0 Å². The molecular weight excluding hydrogens is 342 g/mol. The third-order valence-corrected chi connectivity index (χ3v) is 4.36. The number of amides is 1. The van der Waals surface area contributed by atoms with Gasteiger partial charge in [0.25, 0.3) is 0 Å². The van der Waals surface area contributed by atoms with Gasteiger partial charge in [-0.1, -0.05) is 74.0 Å². The molecule has 0 aliphatic heterocycles. The Balaban J connectivity index is 2.12. The maximum atomic E-state index is 12.8. The number of aryl methyl sites for hydroxylation is 1. The summed E-state index contributed by atoms with van der Waals surface area (Å²) in [6, 6.07) is 16.5. The summed E-state index contributed by atoms with van der Waals surface area (Å²) in [5.41, 5.74) is 3.05. The van der Waals surface area contributed by atoms with Crippen LogP contribution in [0.1, 0.15) is 30.5 Å². The maximum absolute atomic E-state index is 12.8. The first-order valence-electron chi connectivity index (χ1n) is 9.11. The molecule has 0 saturated carbocycles. The molecular formula is C22H27NO4. The lowest BCUT2D eigenvalue weighted by molar-refractivity contribution is -0.146. The number of nitrogens with one attached hydrogen (secondary N) is 1. The lowest BCUT2D eigenvalue weighted by Gasteiger charge is -2.23. The summed E-state index contributed by atoms with van der Waals surface area (Å²) in [4.78, 5) is 24.2. The number of aliphatic carboxylic acids is 1. The first-order valence-corrected chi connectivity index (χ1v) is 9.11. The Kier molecular flexibility index (Phi) is 7.55. The number of carboxylic acids is 1. The second-order valence-corrected chi connectivity index (χ2v) is 7.04. The van der Waals surface area contributed by atoms with Gasteiger partial charge in [0.1, 0.15) is 12.1 Å². The number of rotatable bonds is 9. The van der Waals surface area contributed by atoms with Gasteiger partial charge in [-0.3, -0.25) is 4.79 Å². The van der Waals surface area contributed by atoms with Gasteiger partial charge in [-0.25, -0.2) is 4.79 Å². The summed E-state index contributed by atoms with van der Waals surface area (Å²) in [6.45, 7) is 5.81. The zero-order valence-electron chi connectivity index (χ0n) is 16.0. The van der Waals surface area contributed by atoms with Crippen molar-refractivity contribution in [3.05, 3.63) is 71.3 Å². The molecule has 2 N–H and O–H groups in total. The fraction of sp³-hybridized carbons (Fsp3) is 0.364. The standard InChI is InChI=1S/C22H27NO4/c1-15(2)20(22(25)26)23-21(24)19(13-17-11-9-16(3)10-12-17)27-14-18-7-5-4-6-8-18/h4-12,15,19-20H,13-14H2,1-3H3,(H,23,24)(H,25,26)/t19-,20-/m0/s1. The van der Waals surface area contributed by atoms with E-state index >= 15 is 0 Å². The zero-order chi connectivity index (χ0) is 19.8. The molecule has 5 heteroatoms. The molecule has 0 radical (unpaired) electrons. The van der Waals surface area contributed by atoms with Crippen LogP contribution in [0, 0.1) is 12.8 Å². The Morgan fingerprint density at radius 3 is 2.19 bits per heavy atom. The SMILES string of the molecule is Cc1ccc(C[C@H](OCc2ccccc2)C(=O)N[C@H](C(=O)O)C(C)C)cc1. The van der Waals surface area contributed by atoms with Crippen LogP contribution in [0.15, 0.2) is 54.6 Å². The van der Waals surface area contributed by atoms with Crippen molar-refractivity contribution in [2.75, 3.05) is 0 Å². The van der Waals surface area contributed by atoms with E-state index in [-0.39, 0.29) is 12.5 Å². The van der Waals surface area contributed by atoms with E-state index in [1.54, 1.807) is 13.8 Å². The van der Waals surface area contributed by atoms with Gasteiger partial charge in [-0.15, -0.1) is 0 Å². The van der Waals surface area contributed by atoms with Gasteiger partial charge in [0, 0.05) is 6.42 Å². The van der Waals surface area contributed by atoms with E-state index in [1.807, 2.05) is 61.5 Å². The molecule has 1 amide bonds. The predicted molar refractivity (Wildman–Crippen MR) is 104 cm³/mol. The molecule has 0 aromatic heterocycles. The van der Waals surface area contributed by atoms with E-state index in [9.17, 15) is 14.7 Å². The van der Waals surface area contributed by atoms with Gasteiger partial charge in [0.15, 0.2) is 0 Å². The van der Waals surface area contributed by atoms with Crippen LogP contribution in [0.2, 0.25) is 0 Å². The summed E-state index contributed by atoms with van der Waals surface area (Å²) >= 11 is 0. The van der Waals surface area contributed by atoms with Crippen LogP contribution >= 0.6 is 0 Å². The van der Waals surface area contributed by atoms with Crippen molar-refractivity contribution in [1.29, 1.82) is 0 Å². The quantitative estimate of drug-likeness (QED) is 0.711. The van der Waals surface area contributed by atoms with E-state index in [0.29, 0.717) is 6.42 Å². The molecule has 0 saturated heterocycles. The van der Waals surface area contributed by atoms with Crippen LogP contribution in [0.3, 0.4) is 0 Å². The fourth-order valence-electron chi connectivity index (χ4n) is 2.70. The topological polar surface area (TPSA) is 75.6 Å². The van der Waals surface area contributed by atoms with Crippen LogP contribution in [-0.2, 0) is 27.4 Å². The van der Waals surface area contributed by atoms with E-state index in [4.69, 9.17) is 4.74 Å². The first kappa shape index (κ1) is 20.6. The van der Waals surface area contributed by atoms with Gasteiger partial charge in [0.05, 0.1) is 6.61 Å². The van der Waals surface area contributed by atoms with E-state index in [0.717, 1.165) is 16.7 Å². The molecule has 0 bridgehead atoms. The van der Waals surface area contributed by atoms with Crippen LogP contribution in [0.5, 0.6) is 0 Å². The monoisotopic (exact) mass is 369 g/mol. The Hall–Kier alpha value is -2.66. The number of carbonyl (C=O) groups is 2. The fourth-order valence-corrected chi connectivity index (χ4v) is 2.70. The average Bonchev–Trinajstić information content (AvgIpc) is 2.64. The average molecular weight is 369 g/mol. The van der Waals surface area contributed by atoms with Crippen LogP contribution in [0.4, 0.5) is 0 Å². The lowest BCUT2D eigenvalue weighted by Crippen LogP contribution is -2.49. The molecule has 0 aliphatic carbocycles. The Morgan fingerprint density at radius 1 is 1.00 bits per heavy atom. The van der Waals surface area contributed by atoms with Crippen molar-refractivity contribution in [1.82, 2.24) is 5.32 Å². The molecule has 0 fully saturated rings. The minimum Gasteiger partial charge on any atom is -0.480 e. The van der Waals surface area contributed by atoms with E-state index in [2.05, 4.69) is 5.32 Å². The maximum Gasteiger partial charge on any atom is 0.326 e. The molecule has 2 aromatic rings. The molecule has 0 unspecified atom stereocenters. The number of carbonyl (C=O) groups excluding carboxylic acids is 1. The molecule has 0 spiro atoms. The smallest absolute Gasteiger partial charge is 0.326 e. The Morgan fingerprint density at radius 2 is 1.63 bits per heavy atom. The first-order chi connectivity index (χ1) is 12.9. The van der Waals surface area contributed by atoms with Gasteiger partial charge in [-0.05, 0) is 24.0 Å². The van der Waals surface area contributed by atoms with Crippen molar-refractivity contribution in [3.63, 3.8) is 0 Å². The summed E-state index contributed by atoms with van der Waals surface area (Å²) in [5, 5.41) is 12.0. The highest BCUT2D eigenvalue weighted by molar-refractivity contribution is 5.86. The number of ether oxygens (including phenoxy) is 1. The number of hydrogen-bond acceptors (Lipinski definition) is 3. The number of carboxylic acid groups (broad SMARTS) is 1. The predicted octanol–water partition coefficient (Wildman–Crippen LogP) is 3.35. The number of benzene rings is 2. The van der Waals surface area contributed by atoms with Crippen molar-refractivity contribution in [2.24, 2.45) is 5.92 Å². The second-order valence-electron chi connectivity index (χ2n) is 7.04. The minimum atomic E-state index is -1.05. The van der Waals surface area contributed by atoms with Gasteiger partial charge in [-0.2, -0.15) is 0 Å². The third kappa shape index (κ3) is 6.53. The lowest BCUT2D eigenvalue weighted by atomic mass is 10.0. The Bertz CT molecular complexity index is 741. The molecule has 27 heavy (non-hydrogen) atoms. The Labute approximate surface area is 160 Å². The largest absolute Gasteiger partial charge is 0.480 e. The molecule has 2 atom stereocenters. The van der Waals surface area contributed by atoms with E-state index in [1.165, 1.54) is 0 Å². The second kappa shape index (κ2) is 9.88. The molecule has 5 nitrogen and oxygen atoms in total. The molecule has 2 aromatic carbocycles. The highest BCUT2D eigenvalue weighted by atomic mass is 16.5. The summed E-state index contributed by atoms with van der Waals surface area (Å²) in [7, 11) is 0. The van der Waals surface area contributed by atoms with Gasteiger partial charge < -0.3 is 15.2 Å². The van der Waals surface area contributed by atoms with Gasteiger partial charge >= 0.3 is 5.97 Å². The van der Waals surface area contributed by atoms with Gasteiger partial charge in [0.2, 0.25) is 5.91 Å². The van der Waals surface area contributed by atoms with Crippen molar-refractivity contribution in [2.45, 2.75) is 45.9 Å². The van der Waals surface area contributed by atoms with Crippen LogP contribution < -0.4 is 5.32 Å². The van der Waals surface area contributed by atoms with Crippen LogP contribution in [-0.4, -0.2) is 29.1 Å². The molecule has 0 aliphatic rings.